The summed E-state index contributed by atoms with van der Waals surface area (Å²) in [4.78, 5) is 4.38. The Bertz CT molecular complexity index is 665. The zero-order valence-corrected chi connectivity index (χ0v) is 10.7. The average Bonchev–Trinajstić information content (AvgIpc) is 2.89. The molecule has 2 aromatic carbocycles. The monoisotopic (exact) mass is 271 g/mol. The van der Waals surface area contributed by atoms with Crippen molar-refractivity contribution < 1.29 is 4.39 Å². The molecule has 3 nitrogen and oxygen atoms in total. The third-order valence-electron chi connectivity index (χ3n) is 2.55. The second-order valence-electron chi connectivity index (χ2n) is 3.92. The number of halogens is 1. The van der Waals surface area contributed by atoms with E-state index in [1.165, 1.54) is 23.7 Å². The molecule has 0 spiro atoms. The molecule has 0 unspecified atom stereocenters. The number of nitrogens with one attached hydrogen (secondary N) is 1. The number of anilines is 2. The first-order valence-electron chi connectivity index (χ1n) is 5.73. The lowest BCUT2D eigenvalue weighted by Crippen LogP contribution is -1.88. The molecule has 0 aliphatic rings. The summed E-state index contributed by atoms with van der Waals surface area (Å²) in [6.45, 7) is 0. The van der Waals surface area contributed by atoms with Crippen LogP contribution in [-0.2, 0) is 0 Å². The van der Waals surface area contributed by atoms with Crippen LogP contribution in [0.2, 0.25) is 0 Å². The zero-order valence-electron chi connectivity index (χ0n) is 9.88. The third kappa shape index (κ3) is 2.77. The Kier molecular flexibility index (Phi) is 3.20. The Labute approximate surface area is 113 Å². The topological polar surface area (TPSA) is 37.8 Å². The molecule has 0 atom stereocenters. The summed E-state index contributed by atoms with van der Waals surface area (Å²) in [5.41, 5.74) is 1.77. The lowest BCUT2D eigenvalue weighted by molar-refractivity contribution is 0.628. The zero-order chi connectivity index (χ0) is 13.1. The number of para-hydroxylation sites is 1. The Hall–Kier alpha value is -2.27. The predicted molar refractivity (Wildman–Crippen MR) is 75.0 cm³/mol. The van der Waals surface area contributed by atoms with Crippen LogP contribution in [0.5, 0.6) is 0 Å². The number of aromatic nitrogens is 2. The summed E-state index contributed by atoms with van der Waals surface area (Å²) in [5, 5.41) is 3.89. The van der Waals surface area contributed by atoms with Gasteiger partial charge in [0.1, 0.15) is 5.82 Å². The standard InChI is InChI=1S/C14H10FN3S/c15-11-8-6-10(7-9-11)13-17-14(19-18-13)16-12-4-2-1-3-5-12/h1-9H,(H,16,17,18). The van der Waals surface area contributed by atoms with Gasteiger partial charge in [-0.25, -0.2) is 4.39 Å². The summed E-state index contributed by atoms with van der Waals surface area (Å²) < 4.78 is 17.1. The highest BCUT2D eigenvalue weighted by Crippen LogP contribution is 2.23. The first kappa shape index (κ1) is 11.8. The Balaban J connectivity index is 1.82. The largest absolute Gasteiger partial charge is 0.330 e. The number of rotatable bonds is 3. The molecule has 0 bridgehead atoms. The van der Waals surface area contributed by atoms with Gasteiger partial charge in [-0.3, -0.25) is 0 Å². The molecule has 0 aliphatic heterocycles. The van der Waals surface area contributed by atoms with Crippen LogP contribution < -0.4 is 5.32 Å². The van der Waals surface area contributed by atoms with Crippen molar-refractivity contribution in [1.29, 1.82) is 0 Å². The SMILES string of the molecule is Fc1ccc(-c2nsc(Nc3ccccc3)n2)cc1. The smallest absolute Gasteiger partial charge is 0.207 e. The van der Waals surface area contributed by atoms with Gasteiger partial charge in [-0.2, -0.15) is 9.36 Å². The Morgan fingerprint density at radius 1 is 0.947 bits per heavy atom. The molecule has 3 rings (SSSR count). The quantitative estimate of drug-likeness (QED) is 0.779. The number of hydrogen-bond donors (Lipinski definition) is 1. The van der Waals surface area contributed by atoms with Gasteiger partial charge < -0.3 is 5.32 Å². The van der Waals surface area contributed by atoms with Crippen molar-refractivity contribution in [2.45, 2.75) is 0 Å². The first-order valence-corrected chi connectivity index (χ1v) is 6.50. The molecule has 0 amide bonds. The summed E-state index contributed by atoms with van der Waals surface area (Å²) in [7, 11) is 0. The van der Waals surface area contributed by atoms with Gasteiger partial charge in [0.15, 0.2) is 5.82 Å². The predicted octanol–water partition coefficient (Wildman–Crippen LogP) is 4.09. The highest BCUT2D eigenvalue weighted by molar-refractivity contribution is 7.09. The van der Waals surface area contributed by atoms with Gasteiger partial charge >= 0.3 is 0 Å². The van der Waals surface area contributed by atoms with E-state index in [0.717, 1.165) is 11.3 Å². The number of benzene rings is 2. The van der Waals surface area contributed by atoms with Gasteiger partial charge in [0.2, 0.25) is 5.13 Å². The van der Waals surface area contributed by atoms with Crippen LogP contribution in [0, 0.1) is 5.82 Å². The normalized spacial score (nSPS) is 10.4. The van der Waals surface area contributed by atoms with Crippen LogP contribution in [-0.4, -0.2) is 9.36 Å². The van der Waals surface area contributed by atoms with E-state index in [9.17, 15) is 4.39 Å². The molecule has 1 aromatic heterocycles. The number of hydrogen-bond acceptors (Lipinski definition) is 4. The van der Waals surface area contributed by atoms with Crippen LogP contribution >= 0.6 is 11.5 Å². The van der Waals surface area contributed by atoms with Crippen molar-refractivity contribution in [3.05, 3.63) is 60.4 Å². The van der Waals surface area contributed by atoms with Crippen molar-refractivity contribution in [3.8, 4) is 11.4 Å². The van der Waals surface area contributed by atoms with Gasteiger partial charge in [0, 0.05) is 22.8 Å². The van der Waals surface area contributed by atoms with Crippen molar-refractivity contribution in [1.82, 2.24) is 9.36 Å². The second-order valence-corrected chi connectivity index (χ2v) is 4.67. The number of nitrogens with zero attached hydrogens (tertiary/aromatic N) is 2. The van der Waals surface area contributed by atoms with Crippen LogP contribution in [0.4, 0.5) is 15.2 Å². The van der Waals surface area contributed by atoms with Crippen molar-refractivity contribution >= 4 is 22.4 Å². The molecule has 19 heavy (non-hydrogen) atoms. The van der Waals surface area contributed by atoms with E-state index in [2.05, 4.69) is 14.7 Å². The summed E-state index contributed by atoms with van der Waals surface area (Å²) in [5.74, 6) is 0.338. The molecule has 1 N–H and O–H groups in total. The van der Waals surface area contributed by atoms with Gasteiger partial charge in [0.25, 0.3) is 0 Å². The van der Waals surface area contributed by atoms with E-state index in [1.807, 2.05) is 30.3 Å². The lowest BCUT2D eigenvalue weighted by Gasteiger charge is -1.99. The minimum Gasteiger partial charge on any atom is -0.330 e. The molecule has 0 radical (unpaired) electrons. The molecule has 0 aliphatic carbocycles. The summed E-state index contributed by atoms with van der Waals surface area (Å²) in [6, 6.07) is 15.9. The molecule has 0 fully saturated rings. The van der Waals surface area contributed by atoms with Crippen LogP contribution in [0.3, 0.4) is 0 Å². The minimum atomic E-state index is -0.262. The van der Waals surface area contributed by atoms with Gasteiger partial charge in [-0.05, 0) is 36.4 Å². The van der Waals surface area contributed by atoms with Crippen LogP contribution in [0.25, 0.3) is 11.4 Å². The minimum absolute atomic E-state index is 0.262. The van der Waals surface area contributed by atoms with Gasteiger partial charge in [0.05, 0.1) is 0 Å². The summed E-state index contributed by atoms with van der Waals surface area (Å²) in [6.07, 6.45) is 0. The third-order valence-corrected chi connectivity index (χ3v) is 3.18. The Morgan fingerprint density at radius 3 is 2.42 bits per heavy atom. The van der Waals surface area contributed by atoms with Gasteiger partial charge in [-0.15, -0.1) is 0 Å². The van der Waals surface area contributed by atoms with E-state index < -0.39 is 0 Å². The molecule has 94 valence electrons. The maximum atomic E-state index is 12.8. The highest BCUT2D eigenvalue weighted by atomic mass is 32.1. The summed E-state index contributed by atoms with van der Waals surface area (Å²) >= 11 is 1.28. The lowest BCUT2D eigenvalue weighted by atomic mass is 10.2. The van der Waals surface area contributed by atoms with Crippen LogP contribution in [0.1, 0.15) is 0 Å². The molecular formula is C14H10FN3S. The maximum absolute atomic E-state index is 12.8. The molecular weight excluding hydrogens is 261 g/mol. The molecule has 0 saturated heterocycles. The fraction of sp³-hybridized carbons (Fsp3) is 0. The first-order chi connectivity index (χ1) is 9.31. The molecule has 1 heterocycles. The van der Waals surface area contributed by atoms with Crippen molar-refractivity contribution in [2.75, 3.05) is 5.32 Å². The average molecular weight is 271 g/mol. The fourth-order valence-corrected chi connectivity index (χ4v) is 2.25. The van der Waals surface area contributed by atoms with Crippen LogP contribution in [0.15, 0.2) is 54.6 Å². The van der Waals surface area contributed by atoms with E-state index >= 15 is 0 Å². The van der Waals surface area contributed by atoms with E-state index in [-0.39, 0.29) is 5.82 Å². The van der Waals surface area contributed by atoms with E-state index in [1.54, 1.807) is 12.1 Å². The van der Waals surface area contributed by atoms with Gasteiger partial charge in [-0.1, -0.05) is 18.2 Å². The Morgan fingerprint density at radius 2 is 1.68 bits per heavy atom. The van der Waals surface area contributed by atoms with E-state index in [0.29, 0.717) is 11.0 Å². The fourth-order valence-electron chi connectivity index (χ4n) is 1.64. The highest BCUT2D eigenvalue weighted by Gasteiger charge is 2.06. The maximum Gasteiger partial charge on any atom is 0.207 e. The van der Waals surface area contributed by atoms with Crippen molar-refractivity contribution in [3.63, 3.8) is 0 Å². The van der Waals surface area contributed by atoms with E-state index in [4.69, 9.17) is 0 Å². The molecule has 3 aromatic rings. The second kappa shape index (κ2) is 5.16. The molecule has 0 saturated carbocycles. The van der Waals surface area contributed by atoms with Crippen molar-refractivity contribution in [2.24, 2.45) is 0 Å². The molecule has 5 heteroatoms.